The van der Waals surface area contributed by atoms with E-state index in [-0.39, 0.29) is 12.6 Å². The lowest BCUT2D eigenvalue weighted by Crippen LogP contribution is -2.29. The molecule has 0 aliphatic heterocycles. The Morgan fingerprint density at radius 2 is 1.92 bits per heavy atom. The predicted molar refractivity (Wildman–Crippen MR) is 43.4 cm³/mol. The van der Waals surface area contributed by atoms with Crippen molar-refractivity contribution in [2.45, 2.75) is 38.9 Å². The number of halogens is 3. The molecule has 0 unspecified atom stereocenters. The van der Waals surface area contributed by atoms with E-state index in [1.807, 2.05) is 13.8 Å². The lowest BCUT2D eigenvalue weighted by molar-refractivity contribution is -0.142. The Hall–Kier alpha value is -0.580. The minimum atomic E-state index is -4.23. The zero-order valence-electron chi connectivity index (χ0n) is 7.74. The van der Waals surface area contributed by atoms with Gasteiger partial charge in [0.25, 0.3) is 0 Å². The second-order valence-corrected chi connectivity index (χ2v) is 3.19. The van der Waals surface area contributed by atoms with E-state index in [1.54, 1.807) is 0 Å². The van der Waals surface area contributed by atoms with Crippen molar-refractivity contribution in [3.63, 3.8) is 0 Å². The van der Waals surface area contributed by atoms with Crippen molar-refractivity contribution in [3.05, 3.63) is 0 Å². The highest BCUT2D eigenvalue weighted by Gasteiger charge is 2.27. The van der Waals surface area contributed by atoms with Gasteiger partial charge < -0.3 is 5.32 Å². The van der Waals surface area contributed by atoms with Crippen LogP contribution in [0.2, 0.25) is 0 Å². The molecule has 0 aromatic rings. The van der Waals surface area contributed by atoms with E-state index in [1.165, 1.54) is 0 Å². The van der Waals surface area contributed by atoms with Gasteiger partial charge in [-0.3, -0.25) is 4.79 Å². The van der Waals surface area contributed by atoms with Crippen LogP contribution in [0.15, 0.2) is 0 Å². The van der Waals surface area contributed by atoms with Gasteiger partial charge in [0.2, 0.25) is 0 Å². The zero-order valence-corrected chi connectivity index (χ0v) is 7.74. The van der Waals surface area contributed by atoms with E-state index in [9.17, 15) is 18.0 Å². The zero-order chi connectivity index (χ0) is 10.5. The minimum absolute atomic E-state index is 0.0216. The highest BCUT2D eigenvalue weighted by molar-refractivity contribution is 5.80. The average Bonchev–Trinajstić information content (AvgIpc) is 1.95. The minimum Gasteiger partial charge on any atom is -0.308 e. The molecule has 0 spiro atoms. The molecule has 5 heteroatoms. The molecule has 0 aromatic carbocycles. The summed E-state index contributed by atoms with van der Waals surface area (Å²) in [6, 6.07) is 0.120. The average molecular weight is 197 g/mol. The molecule has 0 amide bonds. The van der Waals surface area contributed by atoms with Crippen LogP contribution >= 0.6 is 0 Å². The fraction of sp³-hybridized carbons (Fsp3) is 0.875. The van der Waals surface area contributed by atoms with Crippen molar-refractivity contribution in [1.82, 2.24) is 5.32 Å². The molecular formula is C8H14F3NO. The number of nitrogens with one attached hydrogen (secondary N) is 1. The third-order valence-electron chi connectivity index (χ3n) is 1.39. The summed E-state index contributed by atoms with van der Waals surface area (Å²) in [4.78, 5) is 10.8. The van der Waals surface area contributed by atoms with E-state index < -0.39 is 24.8 Å². The molecule has 0 heterocycles. The smallest absolute Gasteiger partial charge is 0.308 e. The molecule has 0 aliphatic carbocycles. The Labute approximate surface area is 75.5 Å². The van der Waals surface area contributed by atoms with Gasteiger partial charge in [-0.2, -0.15) is 13.2 Å². The van der Waals surface area contributed by atoms with E-state index in [0.29, 0.717) is 0 Å². The number of rotatable bonds is 5. The first-order valence-corrected chi connectivity index (χ1v) is 4.13. The summed E-state index contributed by atoms with van der Waals surface area (Å²) < 4.78 is 34.9. The fourth-order valence-corrected chi connectivity index (χ4v) is 0.688. The standard InChI is InChI=1S/C8H14F3NO/c1-6(2)12-5-7(13)3-4-8(9,10)11/h6,12H,3-5H2,1-2H3. The van der Waals surface area contributed by atoms with Crippen molar-refractivity contribution < 1.29 is 18.0 Å². The van der Waals surface area contributed by atoms with Crippen LogP contribution in [0.4, 0.5) is 13.2 Å². The summed E-state index contributed by atoms with van der Waals surface area (Å²) in [5.74, 6) is -0.397. The molecule has 2 nitrogen and oxygen atoms in total. The molecule has 78 valence electrons. The summed E-state index contributed by atoms with van der Waals surface area (Å²) in [7, 11) is 0. The third-order valence-corrected chi connectivity index (χ3v) is 1.39. The van der Waals surface area contributed by atoms with Crippen molar-refractivity contribution >= 4 is 5.78 Å². The van der Waals surface area contributed by atoms with Gasteiger partial charge in [-0.25, -0.2) is 0 Å². The number of carbonyl (C=O) groups excluding carboxylic acids is 1. The number of hydrogen-bond donors (Lipinski definition) is 1. The van der Waals surface area contributed by atoms with Gasteiger partial charge in [-0.05, 0) is 0 Å². The quantitative estimate of drug-likeness (QED) is 0.729. The fourth-order valence-electron chi connectivity index (χ4n) is 0.688. The lowest BCUT2D eigenvalue weighted by atomic mass is 10.2. The Kier molecular flexibility index (Phi) is 4.98. The van der Waals surface area contributed by atoms with Crippen molar-refractivity contribution in [1.29, 1.82) is 0 Å². The maximum absolute atomic E-state index is 11.6. The molecule has 0 fully saturated rings. The lowest BCUT2D eigenvalue weighted by Gasteiger charge is -2.08. The molecule has 0 saturated heterocycles. The van der Waals surface area contributed by atoms with E-state index in [2.05, 4.69) is 5.32 Å². The first kappa shape index (κ1) is 12.4. The number of alkyl halides is 3. The molecular weight excluding hydrogens is 183 g/mol. The first-order valence-electron chi connectivity index (χ1n) is 4.13. The van der Waals surface area contributed by atoms with Gasteiger partial charge in [-0.15, -0.1) is 0 Å². The molecule has 0 rings (SSSR count). The molecule has 0 bridgehead atoms. The summed E-state index contributed by atoms with van der Waals surface area (Å²) in [5.41, 5.74) is 0. The van der Waals surface area contributed by atoms with Crippen LogP contribution in [0.1, 0.15) is 26.7 Å². The van der Waals surface area contributed by atoms with Gasteiger partial charge in [0.15, 0.2) is 0 Å². The monoisotopic (exact) mass is 197 g/mol. The SMILES string of the molecule is CC(C)NCC(=O)CCC(F)(F)F. The van der Waals surface area contributed by atoms with Crippen LogP contribution in [0.3, 0.4) is 0 Å². The highest BCUT2D eigenvalue weighted by Crippen LogP contribution is 2.21. The van der Waals surface area contributed by atoms with E-state index in [0.717, 1.165) is 0 Å². The Morgan fingerprint density at radius 1 is 1.38 bits per heavy atom. The predicted octanol–water partition coefficient (Wildman–Crippen LogP) is 1.90. The summed E-state index contributed by atoms with van der Waals surface area (Å²) >= 11 is 0. The molecule has 1 N–H and O–H groups in total. The molecule has 0 aliphatic rings. The highest BCUT2D eigenvalue weighted by atomic mass is 19.4. The van der Waals surface area contributed by atoms with Gasteiger partial charge in [0.05, 0.1) is 13.0 Å². The summed E-state index contributed by atoms with van der Waals surface area (Å²) in [6.07, 6.45) is -5.68. The maximum atomic E-state index is 11.6. The second-order valence-electron chi connectivity index (χ2n) is 3.19. The van der Waals surface area contributed by atoms with Gasteiger partial charge >= 0.3 is 6.18 Å². The van der Waals surface area contributed by atoms with Crippen LogP contribution in [0, 0.1) is 0 Å². The van der Waals surface area contributed by atoms with Crippen molar-refractivity contribution in [2.75, 3.05) is 6.54 Å². The number of hydrogen-bond acceptors (Lipinski definition) is 2. The normalized spacial score (nSPS) is 12.2. The number of carbonyl (C=O) groups is 1. The summed E-state index contributed by atoms with van der Waals surface area (Å²) in [5, 5.41) is 2.76. The van der Waals surface area contributed by atoms with Crippen LogP contribution in [-0.4, -0.2) is 24.5 Å². The van der Waals surface area contributed by atoms with Crippen LogP contribution in [0.5, 0.6) is 0 Å². The van der Waals surface area contributed by atoms with Crippen molar-refractivity contribution in [3.8, 4) is 0 Å². The second kappa shape index (κ2) is 5.21. The van der Waals surface area contributed by atoms with Crippen LogP contribution < -0.4 is 5.32 Å². The topological polar surface area (TPSA) is 29.1 Å². The largest absolute Gasteiger partial charge is 0.389 e. The van der Waals surface area contributed by atoms with Crippen LogP contribution in [-0.2, 0) is 4.79 Å². The number of ketones is 1. The van der Waals surface area contributed by atoms with Gasteiger partial charge in [-0.1, -0.05) is 13.8 Å². The first-order chi connectivity index (χ1) is 5.81. The van der Waals surface area contributed by atoms with Gasteiger partial charge in [0, 0.05) is 12.5 Å². The Morgan fingerprint density at radius 3 is 2.31 bits per heavy atom. The third kappa shape index (κ3) is 9.33. The van der Waals surface area contributed by atoms with E-state index in [4.69, 9.17) is 0 Å². The Balaban J connectivity index is 3.53. The van der Waals surface area contributed by atoms with E-state index >= 15 is 0 Å². The Bertz CT molecular complexity index is 165. The molecule has 13 heavy (non-hydrogen) atoms. The van der Waals surface area contributed by atoms with Crippen LogP contribution in [0.25, 0.3) is 0 Å². The van der Waals surface area contributed by atoms with Crippen molar-refractivity contribution in [2.24, 2.45) is 0 Å². The molecule has 0 radical (unpaired) electrons. The summed E-state index contributed by atoms with van der Waals surface area (Å²) in [6.45, 7) is 3.68. The molecule has 0 atom stereocenters. The molecule has 0 saturated carbocycles. The van der Waals surface area contributed by atoms with Gasteiger partial charge in [0.1, 0.15) is 5.78 Å². The number of Topliss-reactive ketones (excluding diaryl/α,β-unsaturated/α-hetero) is 1. The maximum Gasteiger partial charge on any atom is 0.389 e. The molecule has 0 aromatic heterocycles.